The molecule has 0 saturated carbocycles. The molecule has 1 saturated heterocycles. The van der Waals surface area contributed by atoms with Crippen LogP contribution in [-0.2, 0) is 11.3 Å². The first-order chi connectivity index (χ1) is 15.0. The van der Waals surface area contributed by atoms with Crippen LogP contribution in [0, 0.1) is 5.82 Å². The molecule has 1 aliphatic heterocycles. The average molecular weight is 499 g/mol. The Balaban J connectivity index is 1.55. The summed E-state index contributed by atoms with van der Waals surface area (Å²) in [5, 5.41) is 0.378. The second-order valence-electron chi connectivity index (χ2n) is 7.63. The summed E-state index contributed by atoms with van der Waals surface area (Å²) in [4.78, 5) is 19.5. The highest BCUT2D eigenvalue weighted by molar-refractivity contribution is 9.10. The maximum Gasteiger partial charge on any atom is 0.227 e. The van der Waals surface area contributed by atoms with Crippen molar-refractivity contribution in [2.24, 2.45) is 0 Å². The Morgan fingerprint density at radius 3 is 2.61 bits per heavy atom. The number of hydrogen-bond donors (Lipinski definition) is 0. The minimum absolute atomic E-state index is 0.0508. The zero-order chi connectivity index (χ0) is 21.5. The van der Waals surface area contributed by atoms with Gasteiger partial charge in [-0.05, 0) is 48.5 Å². The molecule has 0 aliphatic carbocycles. The molecule has 4 nitrogen and oxygen atoms in total. The molecule has 0 spiro atoms. The van der Waals surface area contributed by atoms with E-state index in [2.05, 4.69) is 15.9 Å². The number of nitrogens with zero attached hydrogens (tertiary/aromatic N) is 3. The number of amides is 1. The van der Waals surface area contributed by atoms with Crippen molar-refractivity contribution in [3.63, 3.8) is 0 Å². The summed E-state index contributed by atoms with van der Waals surface area (Å²) in [6.45, 7) is 0.777. The van der Waals surface area contributed by atoms with Gasteiger partial charge in [-0.25, -0.2) is 9.37 Å². The van der Waals surface area contributed by atoms with Crippen molar-refractivity contribution < 1.29 is 9.18 Å². The van der Waals surface area contributed by atoms with Gasteiger partial charge in [0, 0.05) is 39.6 Å². The van der Waals surface area contributed by atoms with Crippen molar-refractivity contribution in [3.05, 3.63) is 93.4 Å². The number of aromatic nitrogens is 2. The van der Waals surface area contributed by atoms with Crippen LogP contribution in [0.5, 0.6) is 0 Å². The number of carbonyl (C=O) groups is 1. The summed E-state index contributed by atoms with van der Waals surface area (Å²) in [5.74, 6) is 0.368. The van der Waals surface area contributed by atoms with E-state index >= 15 is 0 Å². The van der Waals surface area contributed by atoms with E-state index < -0.39 is 0 Å². The predicted molar refractivity (Wildman–Crippen MR) is 124 cm³/mol. The minimum atomic E-state index is -0.352. The summed E-state index contributed by atoms with van der Waals surface area (Å²) in [5.41, 5.74) is 2.99. The SMILES string of the molecule is O=C1CC(c2nc3ccccc3n2Cc2c(F)cccc2Cl)CN1c1ccc(Br)cc1. The summed E-state index contributed by atoms with van der Waals surface area (Å²) in [7, 11) is 0. The summed E-state index contributed by atoms with van der Waals surface area (Å²) in [6, 6.07) is 20.1. The molecule has 1 aromatic heterocycles. The van der Waals surface area contributed by atoms with Gasteiger partial charge in [0.15, 0.2) is 0 Å². The van der Waals surface area contributed by atoms with Gasteiger partial charge in [0.25, 0.3) is 0 Å². The first-order valence-electron chi connectivity index (χ1n) is 9.95. The fourth-order valence-electron chi connectivity index (χ4n) is 4.16. The van der Waals surface area contributed by atoms with Crippen LogP contribution < -0.4 is 4.90 Å². The van der Waals surface area contributed by atoms with E-state index in [1.54, 1.807) is 17.0 Å². The van der Waals surface area contributed by atoms with E-state index in [1.165, 1.54) is 6.07 Å². The Morgan fingerprint density at radius 1 is 1.06 bits per heavy atom. The molecule has 1 amide bonds. The van der Waals surface area contributed by atoms with E-state index in [9.17, 15) is 9.18 Å². The molecule has 4 aromatic rings. The number of hydrogen-bond acceptors (Lipinski definition) is 2. The highest BCUT2D eigenvalue weighted by Crippen LogP contribution is 2.34. The van der Waals surface area contributed by atoms with Crippen molar-refractivity contribution >= 4 is 50.2 Å². The molecule has 2 heterocycles. The van der Waals surface area contributed by atoms with Crippen LogP contribution in [0.1, 0.15) is 23.7 Å². The van der Waals surface area contributed by atoms with E-state index in [1.807, 2.05) is 53.1 Å². The van der Waals surface area contributed by atoms with Crippen LogP contribution in [0.4, 0.5) is 10.1 Å². The molecule has 1 aliphatic rings. The van der Waals surface area contributed by atoms with Gasteiger partial charge in [-0.3, -0.25) is 4.79 Å². The Morgan fingerprint density at radius 2 is 1.84 bits per heavy atom. The van der Waals surface area contributed by atoms with Crippen LogP contribution in [0.15, 0.2) is 71.2 Å². The number of rotatable bonds is 4. The average Bonchev–Trinajstić information content (AvgIpc) is 3.32. The smallest absolute Gasteiger partial charge is 0.227 e. The third-order valence-electron chi connectivity index (χ3n) is 5.69. The minimum Gasteiger partial charge on any atom is -0.323 e. The van der Waals surface area contributed by atoms with E-state index in [-0.39, 0.29) is 24.2 Å². The van der Waals surface area contributed by atoms with Gasteiger partial charge in [-0.2, -0.15) is 0 Å². The molecule has 5 rings (SSSR count). The summed E-state index contributed by atoms with van der Waals surface area (Å²) in [6.07, 6.45) is 0.352. The van der Waals surface area contributed by atoms with E-state index in [0.717, 1.165) is 27.0 Å². The number of halogens is 3. The predicted octanol–water partition coefficient (Wildman–Crippen LogP) is 6.16. The maximum atomic E-state index is 14.5. The second-order valence-corrected chi connectivity index (χ2v) is 8.95. The highest BCUT2D eigenvalue weighted by Gasteiger charge is 2.35. The monoisotopic (exact) mass is 497 g/mol. The number of benzene rings is 3. The zero-order valence-corrected chi connectivity index (χ0v) is 18.8. The third-order valence-corrected chi connectivity index (χ3v) is 6.57. The Bertz CT molecular complexity index is 1270. The first-order valence-corrected chi connectivity index (χ1v) is 11.1. The molecule has 0 radical (unpaired) electrons. The van der Waals surface area contributed by atoms with Crippen LogP contribution >= 0.6 is 27.5 Å². The lowest BCUT2D eigenvalue weighted by Gasteiger charge is -2.18. The van der Waals surface area contributed by atoms with Gasteiger partial charge < -0.3 is 9.47 Å². The largest absolute Gasteiger partial charge is 0.323 e. The molecule has 31 heavy (non-hydrogen) atoms. The number of para-hydroxylation sites is 2. The quantitative estimate of drug-likeness (QED) is 0.338. The molecule has 156 valence electrons. The van der Waals surface area contributed by atoms with E-state index in [0.29, 0.717) is 23.6 Å². The molecular weight excluding hydrogens is 481 g/mol. The highest BCUT2D eigenvalue weighted by atomic mass is 79.9. The third kappa shape index (κ3) is 3.75. The number of carbonyl (C=O) groups excluding carboxylic acids is 1. The van der Waals surface area contributed by atoms with Crippen molar-refractivity contribution in [3.8, 4) is 0 Å². The normalized spacial score (nSPS) is 16.4. The zero-order valence-electron chi connectivity index (χ0n) is 16.4. The second kappa shape index (κ2) is 8.09. The van der Waals surface area contributed by atoms with Gasteiger partial charge in [0.05, 0.1) is 17.6 Å². The van der Waals surface area contributed by atoms with Crippen LogP contribution in [-0.4, -0.2) is 22.0 Å². The number of imidazole rings is 1. The summed E-state index contributed by atoms with van der Waals surface area (Å²) < 4.78 is 17.5. The molecule has 0 N–H and O–H groups in total. The number of fused-ring (bicyclic) bond motifs is 1. The summed E-state index contributed by atoms with van der Waals surface area (Å²) >= 11 is 9.74. The fourth-order valence-corrected chi connectivity index (χ4v) is 4.65. The molecule has 1 atom stereocenters. The van der Waals surface area contributed by atoms with Crippen molar-refractivity contribution in [2.75, 3.05) is 11.4 Å². The lowest BCUT2D eigenvalue weighted by atomic mass is 10.1. The Hall–Kier alpha value is -2.70. The van der Waals surface area contributed by atoms with Gasteiger partial charge in [-0.1, -0.05) is 45.7 Å². The van der Waals surface area contributed by atoms with Crippen LogP contribution in [0.25, 0.3) is 11.0 Å². The van der Waals surface area contributed by atoms with E-state index in [4.69, 9.17) is 16.6 Å². The maximum absolute atomic E-state index is 14.5. The van der Waals surface area contributed by atoms with Gasteiger partial charge in [-0.15, -0.1) is 0 Å². The molecule has 0 bridgehead atoms. The van der Waals surface area contributed by atoms with Crippen molar-refractivity contribution in [1.29, 1.82) is 0 Å². The standard InChI is InChI=1S/C24H18BrClFN3O/c25-16-8-10-17(11-9-16)29-13-15(12-23(29)31)24-28-21-6-1-2-7-22(21)30(24)14-18-19(26)4-3-5-20(18)27/h1-11,15H,12-14H2. The van der Waals surface area contributed by atoms with Gasteiger partial charge >= 0.3 is 0 Å². The van der Waals surface area contributed by atoms with Gasteiger partial charge in [0.2, 0.25) is 5.91 Å². The van der Waals surface area contributed by atoms with Crippen molar-refractivity contribution in [2.45, 2.75) is 18.9 Å². The van der Waals surface area contributed by atoms with Gasteiger partial charge in [0.1, 0.15) is 11.6 Å². The lowest BCUT2D eigenvalue weighted by Crippen LogP contribution is -2.24. The molecule has 7 heteroatoms. The Labute approximate surface area is 192 Å². The Kier molecular flexibility index (Phi) is 5.28. The van der Waals surface area contributed by atoms with Crippen LogP contribution in [0.2, 0.25) is 5.02 Å². The molecule has 1 unspecified atom stereocenters. The fraction of sp³-hybridized carbons (Fsp3) is 0.167. The number of anilines is 1. The first kappa shape index (κ1) is 20.2. The molecule has 1 fully saturated rings. The lowest BCUT2D eigenvalue weighted by molar-refractivity contribution is -0.117. The topological polar surface area (TPSA) is 38.1 Å². The van der Waals surface area contributed by atoms with Crippen molar-refractivity contribution in [1.82, 2.24) is 9.55 Å². The van der Waals surface area contributed by atoms with Crippen LogP contribution in [0.3, 0.4) is 0 Å². The molecule has 3 aromatic carbocycles. The molecular formula is C24H18BrClFN3O.